The largest absolute Gasteiger partial charge is 0.460 e. The summed E-state index contributed by atoms with van der Waals surface area (Å²) in [6.45, 7) is 8.89. The summed E-state index contributed by atoms with van der Waals surface area (Å²) in [5.41, 5.74) is 2.05. The van der Waals surface area contributed by atoms with E-state index in [-0.39, 0.29) is 5.97 Å². The molecule has 1 rings (SSSR count). The Hall–Kier alpha value is -2.10. The zero-order valence-electron chi connectivity index (χ0n) is 11.4. The van der Waals surface area contributed by atoms with E-state index < -0.39 is 0 Å². The molecule has 19 heavy (non-hydrogen) atoms. The molecular weight excluding hydrogens is 242 g/mol. The number of carbonyl (C=O) groups is 2. The maximum absolute atomic E-state index is 11.3. The predicted octanol–water partition coefficient (Wildman–Crippen LogP) is 2.44. The number of carbonyl (C=O) groups excluding carboxylic acids is 2. The molecule has 102 valence electrons. The first-order chi connectivity index (χ1) is 9.08. The van der Waals surface area contributed by atoms with Gasteiger partial charge in [0.2, 0.25) is 0 Å². The van der Waals surface area contributed by atoms with Crippen molar-refractivity contribution in [2.45, 2.75) is 13.8 Å². The van der Waals surface area contributed by atoms with E-state index in [0.717, 1.165) is 18.5 Å². The first kappa shape index (κ1) is 15.0. The van der Waals surface area contributed by atoms with Crippen molar-refractivity contribution in [2.75, 3.05) is 24.6 Å². The highest BCUT2D eigenvalue weighted by molar-refractivity contribution is 5.86. The fourth-order valence-electron chi connectivity index (χ4n) is 1.61. The lowest BCUT2D eigenvalue weighted by molar-refractivity contribution is -0.138. The van der Waals surface area contributed by atoms with E-state index >= 15 is 0 Å². The fourth-order valence-corrected chi connectivity index (χ4v) is 1.61. The molecule has 0 bridgehead atoms. The van der Waals surface area contributed by atoms with Gasteiger partial charge in [-0.3, -0.25) is 4.79 Å². The van der Waals surface area contributed by atoms with Crippen LogP contribution in [0.3, 0.4) is 0 Å². The molecule has 0 saturated carbocycles. The number of nitrogens with zero attached hydrogens (tertiary/aromatic N) is 1. The van der Waals surface area contributed by atoms with Gasteiger partial charge in [-0.1, -0.05) is 6.58 Å². The minimum atomic E-state index is -0.368. The molecule has 0 spiro atoms. The number of aldehydes is 1. The van der Waals surface area contributed by atoms with Crippen LogP contribution in [0.2, 0.25) is 0 Å². The molecule has 0 aliphatic heterocycles. The Bertz CT molecular complexity index is 451. The Morgan fingerprint density at radius 3 is 2.47 bits per heavy atom. The molecule has 0 aliphatic rings. The van der Waals surface area contributed by atoms with Crippen LogP contribution in [-0.4, -0.2) is 32.0 Å². The maximum Gasteiger partial charge on any atom is 0.333 e. The minimum absolute atomic E-state index is 0.314. The molecule has 0 saturated heterocycles. The molecule has 0 N–H and O–H groups in total. The van der Waals surface area contributed by atoms with E-state index in [2.05, 4.69) is 11.5 Å². The van der Waals surface area contributed by atoms with Gasteiger partial charge in [-0.15, -0.1) is 0 Å². The van der Waals surface area contributed by atoms with Gasteiger partial charge in [-0.25, -0.2) is 4.79 Å². The molecule has 0 radical (unpaired) electrons. The summed E-state index contributed by atoms with van der Waals surface area (Å²) in [4.78, 5) is 23.9. The van der Waals surface area contributed by atoms with Crippen molar-refractivity contribution >= 4 is 17.9 Å². The highest BCUT2D eigenvalue weighted by Crippen LogP contribution is 2.14. The molecule has 0 amide bonds. The lowest BCUT2D eigenvalue weighted by atomic mass is 10.2. The van der Waals surface area contributed by atoms with Crippen molar-refractivity contribution in [3.8, 4) is 0 Å². The summed E-state index contributed by atoms with van der Waals surface area (Å²) in [5.74, 6) is -0.368. The van der Waals surface area contributed by atoms with Crippen LogP contribution in [0.4, 0.5) is 5.69 Å². The van der Waals surface area contributed by atoms with E-state index in [4.69, 9.17) is 4.74 Å². The summed E-state index contributed by atoms with van der Waals surface area (Å²) in [6, 6.07) is 7.30. The smallest absolute Gasteiger partial charge is 0.333 e. The lowest BCUT2D eigenvalue weighted by Gasteiger charge is -2.23. The highest BCUT2D eigenvalue weighted by Gasteiger charge is 2.07. The molecule has 0 heterocycles. The van der Waals surface area contributed by atoms with Gasteiger partial charge in [0.15, 0.2) is 0 Å². The van der Waals surface area contributed by atoms with E-state index in [1.807, 2.05) is 19.1 Å². The summed E-state index contributed by atoms with van der Waals surface area (Å²) >= 11 is 0. The average molecular weight is 261 g/mol. The van der Waals surface area contributed by atoms with Crippen molar-refractivity contribution < 1.29 is 14.3 Å². The van der Waals surface area contributed by atoms with Gasteiger partial charge in [-0.05, 0) is 38.1 Å². The molecule has 4 heteroatoms. The topological polar surface area (TPSA) is 46.6 Å². The van der Waals surface area contributed by atoms with E-state index in [1.54, 1.807) is 19.1 Å². The summed E-state index contributed by atoms with van der Waals surface area (Å²) in [6.07, 6.45) is 0.814. The van der Waals surface area contributed by atoms with Gasteiger partial charge in [0.05, 0.1) is 6.54 Å². The monoisotopic (exact) mass is 261 g/mol. The van der Waals surface area contributed by atoms with Gasteiger partial charge in [-0.2, -0.15) is 0 Å². The van der Waals surface area contributed by atoms with Crippen molar-refractivity contribution in [2.24, 2.45) is 0 Å². The Labute approximate surface area is 113 Å². The van der Waals surface area contributed by atoms with Crippen molar-refractivity contribution in [1.29, 1.82) is 0 Å². The maximum atomic E-state index is 11.3. The van der Waals surface area contributed by atoms with Crippen LogP contribution in [0.25, 0.3) is 0 Å². The number of hydrogen-bond donors (Lipinski definition) is 0. The number of benzene rings is 1. The molecule has 1 aromatic carbocycles. The second-order valence-corrected chi connectivity index (χ2v) is 4.21. The van der Waals surface area contributed by atoms with Crippen molar-refractivity contribution in [3.05, 3.63) is 42.0 Å². The Morgan fingerprint density at radius 1 is 1.37 bits per heavy atom. The van der Waals surface area contributed by atoms with Gasteiger partial charge < -0.3 is 9.64 Å². The summed E-state index contributed by atoms with van der Waals surface area (Å²) in [7, 11) is 0. The molecule has 4 nitrogen and oxygen atoms in total. The second kappa shape index (κ2) is 7.36. The molecule has 0 aromatic heterocycles. The van der Waals surface area contributed by atoms with Crippen LogP contribution in [0.1, 0.15) is 24.2 Å². The van der Waals surface area contributed by atoms with Gasteiger partial charge in [0.25, 0.3) is 0 Å². The molecule has 1 aromatic rings. The molecule has 0 unspecified atom stereocenters. The third kappa shape index (κ3) is 4.58. The predicted molar refractivity (Wildman–Crippen MR) is 75.5 cm³/mol. The minimum Gasteiger partial charge on any atom is -0.460 e. The first-order valence-corrected chi connectivity index (χ1v) is 6.21. The Morgan fingerprint density at radius 2 is 2.00 bits per heavy atom. The molecular formula is C15H19NO3. The lowest BCUT2D eigenvalue weighted by Crippen LogP contribution is -2.28. The van der Waals surface area contributed by atoms with Crippen molar-refractivity contribution in [1.82, 2.24) is 0 Å². The normalized spacial score (nSPS) is 9.79. The summed E-state index contributed by atoms with van der Waals surface area (Å²) in [5, 5.41) is 0. The van der Waals surface area contributed by atoms with Crippen LogP contribution in [-0.2, 0) is 9.53 Å². The van der Waals surface area contributed by atoms with Crippen LogP contribution in [0.15, 0.2) is 36.4 Å². The Balaban J connectivity index is 2.55. The average Bonchev–Trinajstić information content (AvgIpc) is 2.43. The van der Waals surface area contributed by atoms with Gasteiger partial charge >= 0.3 is 5.97 Å². The standard InChI is InChI=1S/C15H19NO3/c1-4-16(9-10-19-15(18)12(2)3)14-7-5-13(11-17)6-8-14/h5-8,11H,2,4,9-10H2,1,3H3. The third-order valence-electron chi connectivity index (χ3n) is 2.72. The van der Waals surface area contributed by atoms with Gasteiger partial charge in [0, 0.05) is 23.4 Å². The molecule has 0 aliphatic carbocycles. The SMILES string of the molecule is C=C(C)C(=O)OCCN(CC)c1ccc(C=O)cc1. The zero-order valence-corrected chi connectivity index (χ0v) is 11.4. The highest BCUT2D eigenvalue weighted by atomic mass is 16.5. The van der Waals surface area contributed by atoms with Crippen molar-refractivity contribution in [3.63, 3.8) is 0 Å². The number of anilines is 1. The van der Waals surface area contributed by atoms with E-state index in [9.17, 15) is 9.59 Å². The van der Waals surface area contributed by atoms with Gasteiger partial charge in [0.1, 0.15) is 12.9 Å². The Kier molecular flexibility index (Phi) is 5.79. The number of ether oxygens (including phenoxy) is 1. The van der Waals surface area contributed by atoms with Crippen LogP contribution < -0.4 is 4.90 Å². The van der Waals surface area contributed by atoms with E-state index in [0.29, 0.717) is 24.3 Å². The zero-order chi connectivity index (χ0) is 14.3. The number of esters is 1. The first-order valence-electron chi connectivity index (χ1n) is 6.21. The summed E-state index contributed by atoms with van der Waals surface area (Å²) < 4.78 is 5.07. The van der Waals surface area contributed by atoms with Crippen LogP contribution in [0, 0.1) is 0 Å². The fraction of sp³-hybridized carbons (Fsp3) is 0.333. The quantitative estimate of drug-likeness (QED) is 0.429. The van der Waals surface area contributed by atoms with Crippen LogP contribution in [0.5, 0.6) is 0 Å². The van der Waals surface area contributed by atoms with Crippen LogP contribution >= 0.6 is 0 Å². The van der Waals surface area contributed by atoms with E-state index in [1.165, 1.54) is 0 Å². The number of likely N-dealkylation sites (N-methyl/N-ethyl adjacent to an activating group) is 1. The third-order valence-corrected chi connectivity index (χ3v) is 2.72. The molecule has 0 atom stereocenters. The second-order valence-electron chi connectivity index (χ2n) is 4.21. The number of hydrogen-bond acceptors (Lipinski definition) is 4. The number of rotatable bonds is 7. The molecule has 0 fully saturated rings.